The number of halogens is 1. The van der Waals surface area contributed by atoms with E-state index in [9.17, 15) is 9.18 Å². The van der Waals surface area contributed by atoms with Crippen molar-refractivity contribution >= 4 is 5.91 Å². The molecule has 1 amide bonds. The van der Waals surface area contributed by atoms with Gasteiger partial charge in [0.1, 0.15) is 5.82 Å². The Morgan fingerprint density at radius 3 is 2.36 bits per heavy atom. The molecule has 1 fully saturated rings. The molecule has 1 atom stereocenters. The predicted molar refractivity (Wildman–Crippen MR) is 111 cm³/mol. The number of carbonyl (C=O) groups is 1. The van der Waals surface area contributed by atoms with Gasteiger partial charge in [-0.05, 0) is 36.2 Å². The van der Waals surface area contributed by atoms with E-state index in [1.165, 1.54) is 17.7 Å². The number of carbonyl (C=O) groups excluding carboxylic acids is 1. The minimum absolute atomic E-state index is 0.0393. The zero-order valence-electron chi connectivity index (χ0n) is 16.6. The van der Waals surface area contributed by atoms with E-state index in [-0.39, 0.29) is 17.8 Å². The summed E-state index contributed by atoms with van der Waals surface area (Å²) in [5.74, 6) is -0.209. The molecule has 150 valence electrons. The van der Waals surface area contributed by atoms with Gasteiger partial charge in [-0.25, -0.2) is 4.39 Å². The number of aryl methyl sites for hydroxylation is 1. The summed E-state index contributed by atoms with van der Waals surface area (Å²) in [5, 5.41) is 3.12. The molecule has 3 rings (SSSR count). The van der Waals surface area contributed by atoms with Crippen molar-refractivity contribution in [2.24, 2.45) is 0 Å². The third kappa shape index (κ3) is 5.88. The highest BCUT2D eigenvalue weighted by Gasteiger charge is 2.24. The number of nitrogens with one attached hydrogen (secondary N) is 1. The van der Waals surface area contributed by atoms with E-state index >= 15 is 0 Å². The molecule has 1 aliphatic rings. The molecule has 0 radical (unpaired) electrons. The Morgan fingerprint density at radius 2 is 1.71 bits per heavy atom. The first-order valence-electron chi connectivity index (χ1n) is 10.2. The number of nitrogens with zero attached hydrogens (tertiary/aromatic N) is 2. The Balaban J connectivity index is 1.55. The van der Waals surface area contributed by atoms with Gasteiger partial charge >= 0.3 is 0 Å². The molecule has 4 nitrogen and oxygen atoms in total. The van der Waals surface area contributed by atoms with Crippen LogP contribution in [0.25, 0.3) is 0 Å². The summed E-state index contributed by atoms with van der Waals surface area (Å²) in [7, 11) is 0. The molecule has 0 saturated carbocycles. The maximum Gasteiger partial charge on any atom is 0.220 e. The Kier molecular flexibility index (Phi) is 7.57. The predicted octanol–water partition coefficient (Wildman–Crippen LogP) is 3.25. The number of benzene rings is 2. The van der Waals surface area contributed by atoms with E-state index < -0.39 is 0 Å². The quantitative estimate of drug-likeness (QED) is 0.760. The van der Waals surface area contributed by atoms with Crippen LogP contribution in [0.3, 0.4) is 0 Å². The van der Waals surface area contributed by atoms with Gasteiger partial charge in [0.2, 0.25) is 5.91 Å². The van der Waals surface area contributed by atoms with Gasteiger partial charge in [0.25, 0.3) is 0 Å². The molecule has 28 heavy (non-hydrogen) atoms. The molecule has 0 aliphatic carbocycles. The second-order valence-electron chi connectivity index (χ2n) is 7.33. The minimum Gasteiger partial charge on any atom is -0.354 e. The Morgan fingerprint density at radius 1 is 1.04 bits per heavy atom. The fourth-order valence-corrected chi connectivity index (χ4v) is 3.73. The SMILES string of the molecule is CCN1CCN(C(CNC(=O)CCc2ccc(F)cc2)c2ccccc2)CC1. The lowest BCUT2D eigenvalue weighted by Gasteiger charge is -2.39. The molecule has 1 saturated heterocycles. The van der Waals surface area contributed by atoms with Crippen LogP contribution in [-0.2, 0) is 11.2 Å². The molecular formula is C23H30FN3O. The first-order chi connectivity index (χ1) is 13.7. The summed E-state index contributed by atoms with van der Waals surface area (Å²) in [6, 6.07) is 17.0. The number of hydrogen-bond acceptors (Lipinski definition) is 3. The molecule has 1 N–H and O–H groups in total. The average Bonchev–Trinajstić information content (AvgIpc) is 2.74. The normalized spacial score (nSPS) is 16.6. The van der Waals surface area contributed by atoms with Gasteiger partial charge in [-0.3, -0.25) is 9.69 Å². The lowest BCUT2D eigenvalue weighted by molar-refractivity contribution is -0.121. The van der Waals surface area contributed by atoms with Crippen molar-refractivity contribution in [1.82, 2.24) is 15.1 Å². The highest BCUT2D eigenvalue weighted by Crippen LogP contribution is 2.21. The van der Waals surface area contributed by atoms with E-state index in [1.807, 2.05) is 6.07 Å². The molecule has 5 heteroatoms. The van der Waals surface area contributed by atoms with Crippen LogP contribution >= 0.6 is 0 Å². The molecule has 2 aromatic rings. The number of hydrogen-bond donors (Lipinski definition) is 1. The summed E-state index contributed by atoms with van der Waals surface area (Å²) in [6.07, 6.45) is 1.04. The Hall–Kier alpha value is -2.24. The first-order valence-corrected chi connectivity index (χ1v) is 10.2. The van der Waals surface area contributed by atoms with Gasteiger partial charge in [0.05, 0.1) is 6.04 Å². The van der Waals surface area contributed by atoms with E-state index in [2.05, 4.69) is 46.3 Å². The number of amides is 1. The zero-order chi connectivity index (χ0) is 19.8. The van der Waals surface area contributed by atoms with Gasteiger partial charge in [-0.1, -0.05) is 49.4 Å². The highest BCUT2D eigenvalue weighted by molar-refractivity contribution is 5.76. The molecule has 1 heterocycles. The molecule has 0 spiro atoms. The summed E-state index contributed by atoms with van der Waals surface area (Å²) >= 11 is 0. The van der Waals surface area contributed by atoms with E-state index in [0.29, 0.717) is 19.4 Å². The second-order valence-corrected chi connectivity index (χ2v) is 7.33. The molecule has 0 aromatic heterocycles. The summed E-state index contributed by atoms with van der Waals surface area (Å²) < 4.78 is 13.0. The molecule has 1 unspecified atom stereocenters. The van der Waals surface area contributed by atoms with Crippen molar-refractivity contribution in [2.45, 2.75) is 25.8 Å². The van der Waals surface area contributed by atoms with Gasteiger partial charge in [0.15, 0.2) is 0 Å². The topological polar surface area (TPSA) is 35.6 Å². The maximum absolute atomic E-state index is 13.0. The third-order valence-electron chi connectivity index (χ3n) is 5.53. The van der Waals surface area contributed by atoms with Gasteiger partial charge in [0, 0.05) is 39.1 Å². The van der Waals surface area contributed by atoms with Crippen LogP contribution in [-0.4, -0.2) is 55.0 Å². The largest absolute Gasteiger partial charge is 0.354 e. The van der Waals surface area contributed by atoms with Crippen LogP contribution in [0.2, 0.25) is 0 Å². The van der Waals surface area contributed by atoms with E-state index in [0.717, 1.165) is 38.3 Å². The van der Waals surface area contributed by atoms with Crippen molar-refractivity contribution in [3.63, 3.8) is 0 Å². The second kappa shape index (κ2) is 10.3. The van der Waals surface area contributed by atoms with Crippen molar-refractivity contribution in [3.8, 4) is 0 Å². The fraction of sp³-hybridized carbons (Fsp3) is 0.435. The van der Waals surface area contributed by atoms with Crippen LogP contribution < -0.4 is 5.32 Å². The molecule has 1 aliphatic heterocycles. The zero-order valence-corrected chi connectivity index (χ0v) is 16.6. The van der Waals surface area contributed by atoms with Gasteiger partial charge < -0.3 is 10.2 Å². The van der Waals surface area contributed by atoms with E-state index in [4.69, 9.17) is 0 Å². The maximum atomic E-state index is 13.0. The smallest absolute Gasteiger partial charge is 0.220 e. The third-order valence-corrected chi connectivity index (χ3v) is 5.53. The Bertz CT molecular complexity index is 727. The lowest BCUT2D eigenvalue weighted by atomic mass is 10.0. The summed E-state index contributed by atoms with van der Waals surface area (Å²) in [4.78, 5) is 17.3. The monoisotopic (exact) mass is 383 g/mol. The van der Waals surface area contributed by atoms with Crippen molar-refractivity contribution < 1.29 is 9.18 Å². The van der Waals surface area contributed by atoms with Crippen LogP contribution in [0.4, 0.5) is 4.39 Å². The van der Waals surface area contributed by atoms with Crippen molar-refractivity contribution in [3.05, 3.63) is 71.5 Å². The molecular weight excluding hydrogens is 353 g/mol. The van der Waals surface area contributed by atoms with Crippen molar-refractivity contribution in [2.75, 3.05) is 39.3 Å². The van der Waals surface area contributed by atoms with Crippen LogP contribution in [0.1, 0.15) is 30.5 Å². The van der Waals surface area contributed by atoms with Crippen LogP contribution in [0, 0.1) is 5.82 Å². The van der Waals surface area contributed by atoms with Crippen molar-refractivity contribution in [1.29, 1.82) is 0 Å². The van der Waals surface area contributed by atoms with Gasteiger partial charge in [-0.2, -0.15) is 0 Å². The number of rotatable bonds is 8. The molecule has 0 bridgehead atoms. The van der Waals surface area contributed by atoms with Gasteiger partial charge in [-0.15, -0.1) is 0 Å². The summed E-state index contributed by atoms with van der Waals surface area (Å²) in [5.41, 5.74) is 2.22. The van der Waals surface area contributed by atoms with E-state index in [1.54, 1.807) is 12.1 Å². The number of likely N-dealkylation sites (N-methyl/N-ethyl adjacent to an activating group) is 1. The summed E-state index contributed by atoms with van der Waals surface area (Å²) in [6.45, 7) is 8.06. The Labute approximate surface area is 167 Å². The van der Waals surface area contributed by atoms with Crippen LogP contribution in [0.5, 0.6) is 0 Å². The highest BCUT2D eigenvalue weighted by atomic mass is 19.1. The first kappa shape index (κ1) is 20.5. The molecule has 2 aromatic carbocycles. The standard InChI is InChI=1S/C23H30FN3O/c1-2-26-14-16-27(17-15-26)22(20-6-4-3-5-7-20)18-25-23(28)13-10-19-8-11-21(24)12-9-19/h3-9,11-12,22H,2,10,13-18H2,1H3,(H,25,28). The number of piperazine rings is 1. The van der Waals surface area contributed by atoms with Crippen LogP contribution in [0.15, 0.2) is 54.6 Å². The fourth-order valence-electron chi connectivity index (χ4n) is 3.73. The average molecular weight is 384 g/mol. The minimum atomic E-state index is -0.248. The lowest BCUT2D eigenvalue weighted by Crippen LogP contribution is -2.49.